The normalized spacial score (nSPS) is 16.8. The van der Waals surface area contributed by atoms with Crippen LogP contribution in [0.3, 0.4) is 0 Å². The average molecular weight is 231 g/mol. The number of carbonyl (C=O) groups is 2. The second-order valence-corrected chi connectivity index (χ2v) is 5.40. The minimum Gasteiger partial charge on any atom is -0.305 e. The van der Waals surface area contributed by atoms with Crippen LogP contribution in [-0.4, -0.2) is 18.2 Å². The van der Waals surface area contributed by atoms with E-state index in [2.05, 4.69) is 20.8 Å². The van der Waals surface area contributed by atoms with Gasteiger partial charge in [0.25, 0.3) is 5.91 Å². The predicted molar refractivity (Wildman–Crippen MR) is 67.1 cm³/mol. The van der Waals surface area contributed by atoms with E-state index in [4.69, 9.17) is 0 Å². The number of hydrogen-bond donors (Lipinski definition) is 0. The molecule has 90 valence electrons. The molecule has 17 heavy (non-hydrogen) atoms. The molecule has 0 spiro atoms. The highest BCUT2D eigenvalue weighted by atomic mass is 16.2. The summed E-state index contributed by atoms with van der Waals surface area (Å²) in [6.45, 7) is 6.82. The van der Waals surface area contributed by atoms with Gasteiger partial charge in [-0.05, 0) is 17.0 Å². The molecule has 3 heteroatoms. The van der Waals surface area contributed by atoms with Gasteiger partial charge in [-0.15, -0.1) is 0 Å². The van der Waals surface area contributed by atoms with Crippen molar-refractivity contribution >= 4 is 17.4 Å². The molecule has 3 nitrogen and oxygen atoms in total. The number of ketones is 1. The third-order valence-electron chi connectivity index (χ3n) is 3.05. The summed E-state index contributed by atoms with van der Waals surface area (Å²) in [6, 6.07) is 7.80. The van der Waals surface area contributed by atoms with E-state index in [1.54, 1.807) is 4.90 Å². The Kier molecular flexibility index (Phi) is 2.77. The lowest BCUT2D eigenvalue weighted by molar-refractivity contribution is -0.133. The maximum Gasteiger partial charge on any atom is 0.294 e. The van der Waals surface area contributed by atoms with Crippen LogP contribution in [0.15, 0.2) is 24.3 Å². The summed E-state index contributed by atoms with van der Waals surface area (Å²) in [5.41, 5.74) is 1.93. The van der Waals surface area contributed by atoms with Crippen LogP contribution < -0.4 is 4.90 Å². The molecule has 1 amide bonds. The van der Waals surface area contributed by atoms with E-state index in [-0.39, 0.29) is 17.1 Å². The smallest absolute Gasteiger partial charge is 0.294 e. The van der Waals surface area contributed by atoms with Gasteiger partial charge in [0, 0.05) is 18.7 Å². The van der Waals surface area contributed by atoms with Crippen molar-refractivity contribution in [2.75, 3.05) is 11.4 Å². The number of para-hydroxylation sites is 1. The van der Waals surface area contributed by atoms with Gasteiger partial charge < -0.3 is 4.90 Å². The van der Waals surface area contributed by atoms with E-state index >= 15 is 0 Å². The summed E-state index contributed by atoms with van der Waals surface area (Å²) in [7, 11) is 0. The van der Waals surface area contributed by atoms with Crippen molar-refractivity contribution in [2.24, 2.45) is 0 Å². The van der Waals surface area contributed by atoms with E-state index in [0.717, 1.165) is 11.3 Å². The van der Waals surface area contributed by atoms with Crippen LogP contribution in [-0.2, 0) is 15.0 Å². The summed E-state index contributed by atoms with van der Waals surface area (Å²) in [5.74, 6) is -0.657. The monoisotopic (exact) mass is 231 g/mol. The van der Waals surface area contributed by atoms with E-state index in [9.17, 15) is 9.59 Å². The van der Waals surface area contributed by atoms with E-state index in [1.165, 1.54) is 0 Å². The van der Waals surface area contributed by atoms with Gasteiger partial charge in [-0.1, -0.05) is 39.0 Å². The highest BCUT2D eigenvalue weighted by Gasteiger charge is 2.33. The van der Waals surface area contributed by atoms with Crippen molar-refractivity contribution in [1.82, 2.24) is 0 Å². The summed E-state index contributed by atoms with van der Waals surface area (Å²) in [4.78, 5) is 24.7. The van der Waals surface area contributed by atoms with E-state index < -0.39 is 0 Å². The first kappa shape index (κ1) is 11.8. The molecule has 0 aromatic heterocycles. The predicted octanol–water partition coefficient (Wildman–Crippen LogP) is 2.29. The molecule has 1 aliphatic heterocycles. The number of Topliss-reactive ketones (excluding diaryl/α,β-unsaturated/α-hetero) is 1. The maximum atomic E-state index is 11.8. The number of anilines is 1. The van der Waals surface area contributed by atoms with Crippen LogP contribution in [0, 0.1) is 0 Å². The quantitative estimate of drug-likeness (QED) is 0.695. The molecule has 0 saturated carbocycles. The summed E-state index contributed by atoms with van der Waals surface area (Å²) < 4.78 is 0. The third kappa shape index (κ3) is 2.09. The van der Waals surface area contributed by atoms with Gasteiger partial charge in [-0.2, -0.15) is 0 Å². The Balaban J connectivity index is 2.46. The van der Waals surface area contributed by atoms with Gasteiger partial charge >= 0.3 is 0 Å². The highest BCUT2D eigenvalue weighted by molar-refractivity contribution is 6.43. The molecule has 0 bridgehead atoms. The molecule has 1 aromatic carbocycles. The zero-order valence-corrected chi connectivity index (χ0v) is 10.5. The second kappa shape index (κ2) is 3.99. The fourth-order valence-electron chi connectivity index (χ4n) is 2.15. The molecule has 1 heterocycles. The molecule has 0 aliphatic carbocycles. The zero-order valence-electron chi connectivity index (χ0n) is 10.5. The van der Waals surface area contributed by atoms with Crippen molar-refractivity contribution in [3.8, 4) is 0 Å². The lowest BCUT2D eigenvalue weighted by atomic mass is 9.85. The first-order valence-corrected chi connectivity index (χ1v) is 5.85. The van der Waals surface area contributed by atoms with Crippen LogP contribution >= 0.6 is 0 Å². The number of rotatable bonds is 1. The minimum absolute atomic E-state index is 0.0392. The Labute approximate surface area is 101 Å². The fourth-order valence-corrected chi connectivity index (χ4v) is 2.15. The van der Waals surface area contributed by atoms with Crippen molar-refractivity contribution in [1.29, 1.82) is 0 Å². The summed E-state index contributed by atoms with van der Waals surface area (Å²) >= 11 is 0. The summed E-state index contributed by atoms with van der Waals surface area (Å²) in [6.07, 6.45) is 0.331. The lowest BCUT2D eigenvalue weighted by Crippen LogP contribution is -2.29. The van der Waals surface area contributed by atoms with Crippen molar-refractivity contribution in [2.45, 2.75) is 32.6 Å². The number of carbonyl (C=O) groups excluding carboxylic acids is 2. The van der Waals surface area contributed by atoms with Gasteiger partial charge in [0.05, 0.1) is 0 Å². The zero-order chi connectivity index (χ0) is 12.6. The number of nitrogens with zero attached hydrogens (tertiary/aromatic N) is 1. The van der Waals surface area contributed by atoms with Gasteiger partial charge in [0.1, 0.15) is 0 Å². The molecule has 1 saturated heterocycles. The van der Waals surface area contributed by atoms with Crippen molar-refractivity contribution < 1.29 is 9.59 Å². The first-order chi connectivity index (χ1) is 7.91. The molecule has 2 rings (SSSR count). The Bertz CT molecular complexity index is 471. The van der Waals surface area contributed by atoms with E-state index in [0.29, 0.717) is 13.0 Å². The molecule has 1 aliphatic rings. The first-order valence-electron chi connectivity index (χ1n) is 5.85. The number of benzene rings is 1. The highest BCUT2D eigenvalue weighted by Crippen LogP contribution is 2.33. The molecule has 0 radical (unpaired) electrons. The number of amides is 1. The molecule has 0 N–H and O–H groups in total. The van der Waals surface area contributed by atoms with Gasteiger partial charge in [0.2, 0.25) is 5.78 Å². The standard InChI is InChI=1S/C14H17NO2/c1-14(2,3)10-6-4-5-7-11(10)15-9-8-12(16)13(15)17/h4-7H,8-9H2,1-3H3. The molecule has 1 fully saturated rings. The Morgan fingerprint density at radius 1 is 1.12 bits per heavy atom. The fraction of sp³-hybridized carbons (Fsp3) is 0.429. The molecule has 0 unspecified atom stereocenters. The second-order valence-electron chi connectivity index (χ2n) is 5.40. The third-order valence-corrected chi connectivity index (χ3v) is 3.05. The van der Waals surface area contributed by atoms with E-state index in [1.807, 2.05) is 24.3 Å². The average Bonchev–Trinajstić information content (AvgIpc) is 2.59. The van der Waals surface area contributed by atoms with Gasteiger partial charge in [-0.3, -0.25) is 9.59 Å². The molecule has 0 atom stereocenters. The lowest BCUT2D eigenvalue weighted by Gasteiger charge is -2.26. The topological polar surface area (TPSA) is 37.4 Å². The van der Waals surface area contributed by atoms with Gasteiger partial charge in [-0.25, -0.2) is 0 Å². The minimum atomic E-state index is -0.373. The maximum absolute atomic E-state index is 11.8. The molecular formula is C14H17NO2. The van der Waals surface area contributed by atoms with Crippen LogP contribution in [0.4, 0.5) is 5.69 Å². The largest absolute Gasteiger partial charge is 0.305 e. The molecule has 1 aromatic rings. The van der Waals surface area contributed by atoms with Crippen molar-refractivity contribution in [3.05, 3.63) is 29.8 Å². The van der Waals surface area contributed by atoms with Crippen LogP contribution in [0.1, 0.15) is 32.8 Å². The van der Waals surface area contributed by atoms with Crippen molar-refractivity contribution in [3.63, 3.8) is 0 Å². The number of hydrogen-bond acceptors (Lipinski definition) is 2. The summed E-state index contributed by atoms with van der Waals surface area (Å²) in [5, 5.41) is 0. The Morgan fingerprint density at radius 2 is 1.76 bits per heavy atom. The van der Waals surface area contributed by atoms with Gasteiger partial charge in [0.15, 0.2) is 0 Å². The van der Waals surface area contributed by atoms with Crippen LogP contribution in [0.2, 0.25) is 0 Å². The van der Waals surface area contributed by atoms with Crippen LogP contribution in [0.25, 0.3) is 0 Å². The molecular weight excluding hydrogens is 214 g/mol. The van der Waals surface area contributed by atoms with Crippen LogP contribution in [0.5, 0.6) is 0 Å². The Morgan fingerprint density at radius 3 is 2.29 bits per heavy atom. The Hall–Kier alpha value is -1.64. The SMILES string of the molecule is CC(C)(C)c1ccccc1N1CCC(=O)C1=O.